The molecule has 3 fully saturated rings. The largest absolute Gasteiger partial charge is 0.481 e. The summed E-state index contributed by atoms with van der Waals surface area (Å²) >= 11 is 0. The van der Waals surface area contributed by atoms with E-state index in [0.29, 0.717) is 32.5 Å². The first-order valence-corrected chi connectivity index (χ1v) is 20.3. The minimum Gasteiger partial charge on any atom is -0.481 e. The first-order chi connectivity index (χ1) is 27.8. The minimum atomic E-state index is -0.781. The molecule has 0 aromatic heterocycles. The zero-order valence-electron chi connectivity index (χ0n) is 32.5. The number of para-hydroxylation sites is 1. The van der Waals surface area contributed by atoms with Gasteiger partial charge in [0.15, 0.2) is 6.29 Å². The molecule has 3 atom stereocenters. The molecular formula is C46H54N4O7. The molecule has 4 N–H and O–H groups in total. The molecule has 2 amide bonds. The third kappa shape index (κ3) is 9.91. The van der Waals surface area contributed by atoms with E-state index in [1.54, 1.807) is 0 Å². The summed E-state index contributed by atoms with van der Waals surface area (Å²) in [4.78, 5) is 41.3. The Hall–Kier alpha value is -5.07. The van der Waals surface area contributed by atoms with Crippen LogP contribution >= 0.6 is 0 Å². The summed E-state index contributed by atoms with van der Waals surface area (Å²) in [5, 5.41) is 24.6. The highest BCUT2D eigenvalue weighted by Crippen LogP contribution is 2.40. The standard InChI is InChI=1S/C46H54N4O7/c51-31-33-16-18-35(19-17-33)41-28-39(30-49-26-24-46(25-27-49)45(55)48-32-50(46)38-11-4-3-5-12-38)56-44(57-41)36-22-20-34(21-23-36)40-13-9-8-10-37(40)29-47-42(52)14-6-1-2-7-15-43(53)54/h3-5,8-13,16-23,39,41,44,51H,1-2,6-7,14-15,24-32H2,(H,47,52)(H,48,55)(H,53,54). The fourth-order valence-electron chi connectivity index (χ4n) is 8.43. The zero-order chi connectivity index (χ0) is 39.6. The lowest BCUT2D eigenvalue weighted by Crippen LogP contribution is -2.57. The Bertz CT molecular complexity index is 1950. The third-order valence-electron chi connectivity index (χ3n) is 11.7. The fourth-order valence-corrected chi connectivity index (χ4v) is 8.43. The summed E-state index contributed by atoms with van der Waals surface area (Å²) in [5.74, 6) is -0.687. The smallest absolute Gasteiger partial charge is 0.303 e. The number of benzene rings is 4. The van der Waals surface area contributed by atoms with Crippen LogP contribution in [-0.4, -0.2) is 70.8 Å². The van der Waals surface area contributed by atoms with Crippen LogP contribution in [0, 0.1) is 0 Å². The number of piperidine rings is 1. The number of ether oxygens (including phenoxy) is 2. The molecule has 0 radical (unpaired) electrons. The number of aliphatic hydroxyl groups excluding tert-OH is 1. The van der Waals surface area contributed by atoms with Crippen LogP contribution in [0.1, 0.15) is 92.4 Å². The van der Waals surface area contributed by atoms with E-state index in [9.17, 15) is 19.5 Å². The summed E-state index contributed by atoms with van der Waals surface area (Å²) in [5.41, 5.74) is 6.38. The predicted molar refractivity (Wildman–Crippen MR) is 218 cm³/mol. The second kappa shape index (κ2) is 18.9. The van der Waals surface area contributed by atoms with Crippen molar-refractivity contribution in [2.24, 2.45) is 0 Å². The molecule has 3 aliphatic rings. The number of nitrogens with zero attached hydrogens (tertiary/aromatic N) is 2. The van der Waals surface area contributed by atoms with Gasteiger partial charge in [0.05, 0.1) is 25.5 Å². The summed E-state index contributed by atoms with van der Waals surface area (Å²) in [6, 6.07) is 34.4. The van der Waals surface area contributed by atoms with Crippen molar-refractivity contribution < 1.29 is 34.1 Å². The average Bonchev–Trinajstić information content (AvgIpc) is 3.56. The lowest BCUT2D eigenvalue weighted by Gasteiger charge is -2.45. The van der Waals surface area contributed by atoms with Crippen molar-refractivity contribution in [3.05, 3.63) is 125 Å². The van der Waals surface area contributed by atoms with Crippen molar-refractivity contribution in [2.75, 3.05) is 31.2 Å². The normalized spacial score (nSPS) is 20.7. The van der Waals surface area contributed by atoms with Crippen molar-refractivity contribution in [1.29, 1.82) is 0 Å². The second-order valence-electron chi connectivity index (χ2n) is 15.5. The fraction of sp³-hybridized carbons (Fsp3) is 0.413. The average molecular weight is 775 g/mol. The van der Waals surface area contributed by atoms with Gasteiger partial charge >= 0.3 is 5.97 Å². The van der Waals surface area contributed by atoms with Gasteiger partial charge in [-0.05, 0) is 65.6 Å². The Morgan fingerprint density at radius 3 is 2.21 bits per heavy atom. The molecule has 1 spiro atoms. The second-order valence-corrected chi connectivity index (χ2v) is 15.5. The Morgan fingerprint density at radius 2 is 1.49 bits per heavy atom. The van der Waals surface area contributed by atoms with Gasteiger partial charge in [-0.15, -0.1) is 0 Å². The quantitative estimate of drug-likeness (QED) is 0.0900. The van der Waals surface area contributed by atoms with E-state index in [-0.39, 0.29) is 37.0 Å². The monoisotopic (exact) mass is 774 g/mol. The van der Waals surface area contributed by atoms with Crippen LogP contribution < -0.4 is 15.5 Å². The van der Waals surface area contributed by atoms with E-state index < -0.39 is 17.8 Å². The minimum absolute atomic E-state index is 0.0117. The first kappa shape index (κ1) is 40.1. The molecule has 7 rings (SSSR count). The van der Waals surface area contributed by atoms with Crippen molar-refractivity contribution >= 4 is 23.5 Å². The molecule has 4 aromatic carbocycles. The lowest BCUT2D eigenvalue weighted by molar-refractivity contribution is -0.253. The van der Waals surface area contributed by atoms with Crippen molar-refractivity contribution in [2.45, 2.75) is 95.0 Å². The molecule has 0 aliphatic carbocycles. The maximum atomic E-state index is 13.3. The Balaban J connectivity index is 1.00. The Morgan fingerprint density at radius 1 is 0.807 bits per heavy atom. The van der Waals surface area contributed by atoms with Crippen LogP contribution in [0.4, 0.5) is 5.69 Å². The van der Waals surface area contributed by atoms with Crippen molar-refractivity contribution in [3.63, 3.8) is 0 Å². The summed E-state index contributed by atoms with van der Waals surface area (Å²) in [6.45, 7) is 3.19. The van der Waals surface area contributed by atoms with Crippen LogP contribution in [-0.2, 0) is 37.0 Å². The number of hydrogen-bond donors (Lipinski definition) is 4. The number of anilines is 1. The summed E-state index contributed by atoms with van der Waals surface area (Å²) in [7, 11) is 0. The van der Waals surface area contributed by atoms with Crippen LogP contribution in [0.2, 0.25) is 0 Å². The molecule has 3 aliphatic heterocycles. The Kier molecular flexibility index (Phi) is 13.3. The molecule has 3 unspecified atom stereocenters. The molecule has 4 aromatic rings. The lowest BCUT2D eigenvalue weighted by atomic mass is 9.85. The third-order valence-corrected chi connectivity index (χ3v) is 11.7. The van der Waals surface area contributed by atoms with Gasteiger partial charge in [-0.3, -0.25) is 14.4 Å². The van der Waals surface area contributed by atoms with E-state index in [1.165, 1.54) is 0 Å². The van der Waals surface area contributed by atoms with Gasteiger partial charge in [0, 0.05) is 56.7 Å². The van der Waals surface area contributed by atoms with Gasteiger partial charge in [0.1, 0.15) is 5.54 Å². The predicted octanol–water partition coefficient (Wildman–Crippen LogP) is 6.86. The zero-order valence-corrected chi connectivity index (χ0v) is 32.5. The van der Waals surface area contributed by atoms with Gasteiger partial charge in [-0.25, -0.2) is 0 Å². The number of carbonyl (C=O) groups excluding carboxylic acids is 2. The SMILES string of the molecule is O=C(O)CCCCCCC(=O)NCc1ccccc1-c1ccc(C2OC(CN3CCC4(CC3)C(=O)NCN4c3ccccc3)CC(c3ccc(CO)cc3)O2)cc1. The summed E-state index contributed by atoms with van der Waals surface area (Å²) < 4.78 is 13.4. The highest BCUT2D eigenvalue weighted by atomic mass is 16.7. The van der Waals surface area contributed by atoms with E-state index in [0.717, 1.165) is 90.8 Å². The van der Waals surface area contributed by atoms with Crippen molar-refractivity contribution in [3.8, 4) is 11.1 Å². The van der Waals surface area contributed by atoms with Crippen molar-refractivity contribution in [1.82, 2.24) is 15.5 Å². The Labute approximate surface area is 335 Å². The molecule has 3 saturated heterocycles. The molecule has 300 valence electrons. The van der Waals surface area contributed by atoms with Crippen LogP contribution in [0.15, 0.2) is 103 Å². The van der Waals surface area contributed by atoms with E-state index in [2.05, 4.69) is 62.9 Å². The number of unbranched alkanes of at least 4 members (excludes halogenated alkanes) is 3. The molecule has 3 heterocycles. The van der Waals surface area contributed by atoms with Gasteiger partial charge in [-0.2, -0.15) is 0 Å². The molecule has 0 saturated carbocycles. The number of hydrogen-bond acceptors (Lipinski definition) is 8. The van der Waals surface area contributed by atoms with E-state index >= 15 is 0 Å². The number of rotatable bonds is 16. The molecule has 57 heavy (non-hydrogen) atoms. The highest BCUT2D eigenvalue weighted by Gasteiger charge is 2.50. The maximum Gasteiger partial charge on any atom is 0.303 e. The van der Waals surface area contributed by atoms with E-state index in [4.69, 9.17) is 14.6 Å². The number of aliphatic carboxylic acids is 1. The first-order valence-electron chi connectivity index (χ1n) is 20.3. The van der Waals surface area contributed by atoms with Crippen LogP contribution in [0.3, 0.4) is 0 Å². The van der Waals surface area contributed by atoms with Crippen LogP contribution in [0.25, 0.3) is 11.1 Å². The number of carbonyl (C=O) groups is 3. The number of carboxylic acid groups (broad SMARTS) is 1. The number of nitrogens with one attached hydrogen (secondary N) is 2. The number of carboxylic acids is 1. The molecule has 0 bridgehead atoms. The topological polar surface area (TPSA) is 141 Å². The summed E-state index contributed by atoms with van der Waals surface area (Å²) in [6.07, 6.45) is 4.83. The maximum absolute atomic E-state index is 13.3. The van der Waals surface area contributed by atoms with Gasteiger partial charge < -0.3 is 40.1 Å². The highest BCUT2D eigenvalue weighted by molar-refractivity contribution is 5.93. The number of amides is 2. The van der Waals surface area contributed by atoms with Gasteiger partial charge in [-0.1, -0.05) is 104 Å². The molecule has 11 heteroatoms. The van der Waals surface area contributed by atoms with Crippen LogP contribution in [0.5, 0.6) is 0 Å². The van der Waals surface area contributed by atoms with Gasteiger partial charge in [0.25, 0.3) is 0 Å². The molecule has 11 nitrogen and oxygen atoms in total. The number of likely N-dealkylation sites (tertiary alicyclic amines) is 1. The number of aliphatic hydroxyl groups is 1. The van der Waals surface area contributed by atoms with Gasteiger partial charge in [0.2, 0.25) is 11.8 Å². The van der Waals surface area contributed by atoms with E-state index in [1.807, 2.05) is 60.7 Å². The molecular weight excluding hydrogens is 721 g/mol.